The third-order valence-electron chi connectivity index (χ3n) is 3.84. The van der Waals surface area contributed by atoms with Crippen LogP contribution in [0.25, 0.3) is 0 Å². The zero-order valence-electron chi connectivity index (χ0n) is 11.1. The minimum atomic E-state index is 0.351. The lowest BCUT2D eigenvalue weighted by atomic mass is 9.95. The zero-order chi connectivity index (χ0) is 11.9. The molecule has 1 aromatic heterocycles. The van der Waals surface area contributed by atoms with Crippen molar-refractivity contribution < 1.29 is 4.42 Å². The highest BCUT2D eigenvalue weighted by Gasteiger charge is 2.52. The van der Waals surface area contributed by atoms with E-state index in [1.54, 1.807) is 0 Å². The summed E-state index contributed by atoms with van der Waals surface area (Å²) in [5, 5.41) is 3.53. The van der Waals surface area contributed by atoms with Gasteiger partial charge < -0.3 is 9.73 Å². The van der Waals surface area contributed by atoms with Gasteiger partial charge >= 0.3 is 0 Å². The molecule has 1 aromatic rings. The second-order valence-electron chi connectivity index (χ2n) is 5.71. The van der Waals surface area contributed by atoms with E-state index in [0.717, 1.165) is 24.0 Å². The van der Waals surface area contributed by atoms with Crippen LogP contribution in [0.5, 0.6) is 0 Å². The molecule has 0 amide bonds. The molecule has 0 aliphatic heterocycles. The maximum absolute atomic E-state index is 5.63. The van der Waals surface area contributed by atoms with Gasteiger partial charge in [0.2, 0.25) is 0 Å². The first-order valence-corrected chi connectivity index (χ1v) is 6.24. The summed E-state index contributed by atoms with van der Waals surface area (Å²) in [7, 11) is 0. The lowest BCUT2D eigenvalue weighted by Gasteiger charge is -2.12. The molecule has 0 spiro atoms. The van der Waals surface area contributed by atoms with Gasteiger partial charge in [0.15, 0.2) is 0 Å². The summed E-state index contributed by atoms with van der Waals surface area (Å²) >= 11 is 0. The fourth-order valence-corrected chi connectivity index (χ4v) is 2.66. The van der Waals surface area contributed by atoms with Crippen molar-refractivity contribution in [1.82, 2.24) is 5.32 Å². The normalized spacial score (nSPS) is 28.8. The van der Waals surface area contributed by atoms with Gasteiger partial charge in [0, 0.05) is 11.5 Å². The Morgan fingerprint density at radius 3 is 2.69 bits per heavy atom. The summed E-state index contributed by atoms with van der Waals surface area (Å²) in [6.45, 7) is 12.0. The van der Waals surface area contributed by atoms with Crippen LogP contribution in [0, 0.1) is 19.8 Å². The van der Waals surface area contributed by atoms with Crippen LogP contribution in [0.1, 0.15) is 44.3 Å². The molecule has 1 heterocycles. The Morgan fingerprint density at radius 1 is 1.50 bits per heavy atom. The number of aryl methyl sites for hydroxylation is 2. The fraction of sp³-hybridized carbons (Fsp3) is 0.714. The summed E-state index contributed by atoms with van der Waals surface area (Å²) in [5.41, 5.74) is 1.77. The number of hydrogen-bond donors (Lipinski definition) is 1. The van der Waals surface area contributed by atoms with Crippen LogP contribution in [-0.4, -0.2) is 12.6 Å². The predicted octanol–water partition coefficient (Wildman–Crippen LogP) is 3.17. The van der Waals surface area contributed by atoms with Crippen molar-refractivity contribution in [3.8, 4) is 0 Å². The smallest absolute Gasteiger partial charge is 0.104 e. The molecule has 90 valence electrons. The molecule has 16 heavy (non-hydrogen) atoms. The number of nitrogens with one attached hydrogen (secondary N) is 1. The molecule has 2 unspecified atom stereocenters. The van der Waals surface area contributed by atoms with Crippen LogP contribution < -0.4 is 5.32 Å². The molecule has 0 aromatic carbocycles. The van der Waals surface area contributed by atoms with E-state index in [2.05, 4.69) is 39.1 Å². The molecule has 0 saturated heterocycles. The van der Waals surface area contributed by atoms with Crippen LogP contribution in [0.4, 0.5) is 0 Å². The van der Waals surface area contributed by atoms with E-state index in [4.69, 9.17) is 4.42 Å². The van der Waals surface area contributed by atoms with Crippen molar-refractivity contribution >= 4 is 0 Å². The van der Waals surface area contributed by atoms with E-state index in [1.807, 2.05) is 6.92 Å². The summed E-state index contributed by atoms with van der Waals surface area (Å²) in [4.78, 5) is 0. The van der Waals surface area contributed by atoms with Crippen molar-refractivity contribution in [2.45, 2.75) is 52.5 Å². The Hall–Kier alpha value is -0.760. The Kier molecular flexibility index (Phi) is 2.87. The molecule has 1 aliphatic carbocycles. The van der Waals surface area contributed by atoms with Gasteiger partial charge in [0.05, 0.1) is 0 Å². The van der Waals surface area contributed by atoms with E-state index in [1.165, 1.54) is 12.0 Å². The molecule has 2 atom stereocenters. The molecule has 1 N–H and O–H groups in total. The molecular formula is C14H23NO. The summed E-state index contributed by atoms with van der Waals surface area (Å²) in [5.74, 6) is 2.91. The van der Waals surface area contributed by atoms with Crippen molar-refractivity contribution in [3.63, 3.8) is 0 Å². The topological polar surface area (TPSA) is 25.2 Å². The predicted molar refractivity (Wildman–Crippen MR) is 66.8 cm³/mol. The quantitative estimate of drug-likeness (QED) is 0.844. The minimum absolute atomic E-state index is 0.351. The van der Waals surface area contributed by atoms with Crippen molar-refractivity contribution in [1.29, 1.82) is 0 Å². The van der Waals surface area contributed by atoms with Gasteiger partial charge in [-0.1, -0.05) is 20.8 Å². The average molecular weight is 221 g/mol. The molecule has 2 nitrogen and oxygen atoms in total. The molecule has 2 rings (SSSR count). The van der Waals surface area contributed by atoms with Crippen LogP contribution in [-0.2, 0) is 5.41 Å². The highest BCUT2D eigenvalue weighted by Crippen LogP contribution is 2.54. The number of hydrogen-bond acceptors (Lipinski definition) is 2. The third kappa shape index (κ3) is 2.03. The van der Waals surface area contributed by atoms with Gasteiger partial charge in [-0.15, -0.1) is 0 Å². The molecule has 1 saturated carbocycles. The second-order valence-corrected chi connectivity index (χ2v) is 5.71. The lowest BCUT2D eigenvalue weighted by molar-refractivity contribution is 0.489. The largest absolute Gasteiger partial charge is 0.466 e. The van der Waals surface area contributed by atoms with Gasteiger partial charge in [-0.3, -0.25) is 0 Å². The highest BCUT2D eigenvalue weighted by molar-refractivity contribution is 5.36. The highest BCUT2D eigenvalue weighted by atomic mass is 16.3. The number of furan rings is 1. The Balaban J connectivity index is 2.04. The van der Waals surface area contributed by atoms with Gasteiger partial charge in [-0.25, -0.2) is 0 Å². The van der Waals surface area contributed by atoms with Gasteiger partial charge in [-0.05, 0) is 44.4 Å². The van der Waals surface area contributed by atoms with E-state index >= 15 is 0 Å². The van der Waals surface area contributed by atoms with Gasteiger partial charge in [-0.2, -0.15) is 0 Å². The van der Waals surface area contributed by atoms with E-state index in [0.29, 0.717) is 11.5 Å². The molecule has 1 fully saturated rings. The van der Waals surface area contributed by atoms with Crippen molar-refractivity contribution in [2.24, 2.45) is 5.92 Å². The maximum atomic E-state index is 5.63. The van der Waals surface area contributed by atoms with E-state index in [-0.39, 0.29) is 0 Å². The Labute approximate surface area is 98.4 Å². The standard InChI is InChI=1S/C14H23NO/c1-9(2)15-8-12-7-14(12,5)13-6-10(3)16-11(13)4/h6,9,12,15H,7-8H2,1-5H3. The zero-order valence-corrected chi connectivity index (χ0v) is 11.1. The number of rotatable bonds is 4. The molecular weight excluding hydrogens is 198 g/mol. The van der Waals surface area contributed by atoms with Crippen LogP contribution in [0.3, 0.4) is 0 Å². The van der Waals surface area contributed by atoms with Crippen molar-refractivity contribution in [2.75, 3.05) is 6.54 Å². The first kappa shape index (κ1) is 11.7. The van der Waals surface area contributed by atoms with Gasteiger partial charge in [0.25, 0.3) is 0 Å². The van der Waals surface area contributed by atoms with Crippen LogP contribution in [0.2, 0.25) is 0 Å². The van der Waals surface area contributed by atoms with E-state index in [9.17, 15) is 0 Å². The van der Waals surface area contributed by atoms with Crippen LogP contribution in [0.15, 0.2) is 10.5 Å². The minimum Gasteiger partial charge on any atom is -0.466 e. The first-order chi connectivity index (χ1) is 7.43. The first-order valence-electron chi connectivity index (χ1n) is 6.24. The average Bonchev–Trinajstić information content (AvgIpc) is 2.71. The summed E-state index contributed by atoms with van der Waals surface area (Å²) in [6.07, 6.45) is 1.28. The SMILES string of the molecule is Cc1cc(C2(C)CC2CNC(C)C)c(C)o1. The van der Waals surface area contributed by atoms with Gasteiger partial charge in [0.1, 0.15) is 11.5 Å². The fourth-order valence-electron chi connectivity index (χ4n) is 2.66. The monoisotopic (exact) mass is 221 g/mol. The van der Waals surface area contributed by atoms with Crippen molar-refractivity contribution in [3.05, 3.63) is 23.2 Å². The molecule has 2 heteroatoms. The molecule has 1 aliphatic rings. The lowest BCUT2D eigenvalue weighted by Crippen LogP contribution is -2.26. The van der Waals surface area contributed by atoms with Crippen LogP contribution >= 0.6 is 0 Å². The second kappa shape index (κ2) is 3.92. The maximum Gasteiger partial charge on any atom is 0.104 e. The van der Waals surface area contributed by atoms with E-state index < -0.39 is 0 Å². The Morgan fingerprint density at radius 2 is 2.19 bits per heavy atom. The molecule has 0 radical (unpaired) electrons. The summed E-state index contributed by atoms with van der Waals surface area (Å²) in [6, 6.07) is 2.79. The summed E-state index contributed by atoms with van der Waals surface area (Å²) < 4.78 is 5.63. The third-order valence-corrected chi connectivity index (χ3v) is 3.84. The molecule has 0 bridgehead atoms. The Bertz CT molecular complexity index is 380.